The summed E-state index contributed by atoms with van der Waals surface area (Å²) in [6.07, 6.45) is 26.2. The topological polar surface area (TPSA) is 343 Å². The minimum atomic E-state index is -0.347. The lowest BCUT2D eigenvalue weighted by molar-refractivity contribution is -0.124. The van der Waals surface area contributed by atoms with E-state index in [1.165, 1.54) is 41.4 Å². The molecule has 5 N–H and O–H groups in total. The van der Waals surface area contributed by atoms with Gasteiger partial charge in [-0.25, -0.2) is 0 Å². The molecule has 0 aromatic carbocycles. The standard InChI is InChI=1S/C12H21NO2.C11H20N2O2.C11H18O2.C10H18N2O.C10H17NO2.C10H16O2.C9H15NO2.C7H12O.C6H9NO.C6H10O/c1-10(2)12(15)8-7-11(14)6-5-9-13(3)4;1-9(2)10(14)8-12-11(15)6-5-7-13(3)4;1-8(2)7-10(12)5-6-11(13)9(3)4;1-9(2)8-11-7-5-6-10(13)12(3)4;1-7(2)5-10(13)11-6-9(12)8(3)4;1-4-5-9(11)6-7-10(12)8(2)3;1-4-5-9(12)10-6-8(11)7(2)3;1-4-7(8)5-6(2)3;1-4-6(8)7-5(2)3;1-4-6(7)5(2)3/h5-6,10H,7-9H2,1-4H3;5-6,9H,7-8H2,1-4H3,(H,12,15);7,9H,5-6H2,1-4H3;9,11H,7-8H2,1-4H3;5,8H,6H2,1-4H3,(H,11,13);4-5,8H,6-7H2,1-3H3;4-5,7H,6H2,1-3H3,(H,10,12);4,6H,1,5H2,2-3H3;1,5H,2-3H3,(H,7,8);4-5H,1H2,2-3H3/b2*6-5+;;;;2*5-4+;;;. The van der Waals surface area contributed by atoms with Gasteiger partial charge in [0.25, 0.3) is 11.8 Å². The van der Waals surface area contributed by atoms with Crippen molar-refractivity contribution in [3.63, 3.8) is 0 Å². The number of nitrogens with one attached hydrogen (secondary N) is 5. The zero-order valence-corrected chi connectivity index (χ0v) is 77.5. The molecule has 0 aliphatic carbocycles. The van der Waals surface area contributed by atoms with E-state index in [1.54, 1.807) is 58.3 Å². The Bertz CT molecular complexity index is 3070. The number of carbonyl (C=O) groups is 16. The summed E-state index contributed by atoms with van der Waals surface area (Å²) in [4.78, 5) is 181. The van der Waals surface area contributed by atoms with Crippen molar-refractivity contribution in [1.29, 1.82) is 0 Å². The third kappa shape index (κ3) is 111. The Morgan fingerprint density at radius 2 is 0.759 bits per heavy atom. The maximum atomic E-state index is 11.3. The van der Waals surface area contributed by atoms with Crippen LogP contribution in [0.15, 0.2) is 97.2 Å². The van der Waals surface area contributed by atoms with Gasteiger partial charge in [-0.1, -0.05) is 179 Å². The Balaban J connectivity index is -0.000000136. The van der Waals surface area contributed by atoms with Crippen molar-refractivity contribution >= 4 is 93.2 Å². The summed E-state index contributed by atoms with van der Waals surface area (Å²) in [6, 6.07) is 0.138. The molecule has 24 nitrogen and oxygen atoms in total. The van der Waals surface area contributed by atoms with E-state index in [9.17, 15) is 76.7 Å². The molecule has 5 amide bonds. The highest BCUT2D eigenvalue weighted by molar-refractivity contribution is 5.97. The number of allylic oxidation sites excluding steroid dienone is 9. The van der Waals surface area contributed by atoms with Gasteiger partial charge in [0, 0.05) is 132 Å². The Kier molecular flexibility index (Phi) is 91.8. The van der Waals surface area contributed by atoms with Crippen molar-refractivity contribution in [3.8, 4) is 24.2 Å². The number of rotatable bonds is 40. The molecule has 0 saturated carbocycles. The van der Waals surface area contributed by atoms with E-state index in [0.29, 0.717) is 69.9 Å². The van der Waals surface area contributed by atoms with Crippen LogP contribution in [0, 0.1) is 77.4 Å². The molecule has 0 fully saturated rings. The monoisotopic (exact) mass is 1630 g/mol. The van der Waals surface area contributed by atoms with Gasteiger partial charge in [0.15, 0.2) is 46.3 Å². The van der Waals surface area contributed by atoms with Crippen LogP contribution >= 0.6 is 0 Å². The zero-order chi connectivity index (χ0) is 92.9. The lowest BCUT2D eigenvalue weighted by Gasteiger charge is -2.05. The average molecular weight is 1630 g/mol. The second-order valence-corrected chi connectivity index (χ2v) is 30.9. The second-order valence-electron chi connectivity index (χ2n) is 30.9. The minimum absolute atomic E-state index is 0.0177. The largest absolute Gasteiger partial charge is 0.345 e. The van der Waals surface area contributed by atoms with Gasteiger partial charge in [-0.15, -0.1) is 6.42 Å². The number of ketones is 11. The normalized spacial score (nSPS) is 10.2. The van der Waals surface area contributed by atoms with Crippen molar-refractivity contribution in [2.75, 3.05) is 88.1 Å². The zero-order valence-electron chi connectivity index (χ0n) is 77.5. The van der Waals surface area contributed by atoms with E-state index < -0.39 is 0 Å². The molecule has 0 rings (SSSR count). The van der Waals surface area contributed by atoms with Gasteiger partial charge in [-0.3, -0.25) is 76.7 Å². The molecule has 0 saturated heterocycles. The number of Topliss-reactive ketones (excluding diaryl/α,β-unsaturated/α-hetero) is 6. The summed E-state index contributed by atoms with van der Waals surface area (Å²) in [5.74, 6) is 8.34. The molecule has 0 aliphatic rings. The molecule has 0 radical (unpaired) electrons. The van der Waals surface area contributed by atoms with Crippen LogP contribution in [0.4, 0.5) is 0 Å². The number of nitrogens with zero attached hydrogens (tertiary/aromatic N) is 3. The smallest absolute Gasteiger partial charge is 0.297 e. The van der Waals surface area contributed by atoms with Crippen LogP contribution < -0.4 is 26.6 Å². The molecule has 0 aliphatic heterocycles. The number of hydrogen-bond donors (Lipinski definition) is 5. The van der Waals surface area contributed by atoms with Gasteiger partial charge in [0.1, 0.15) is 17.3 Å². The molecular weight excluding hydrogens is 1470 g/mol. The summed E-state index contributed by atoms with van der Waals surface area (Å²) in [5, 5.41) is 13.2. The number of hydrogen-bond acceptors (Lipinski definition) is 19. The van der Waals surface area contributed by atoms with E-state index in [1.807, 2.05) is 202 Å². The number of amides is 5. The number of terminal acetylenes is 1. The molecule has 0 aromatic rings. The maximum absolute atomic E-state index is 11.3. The van der Waals surface area contributed by atoms with Crippen LogP contribution in [0.5, 0.6) is 0 Å². The molecule has 0 atom stereocenters. The van der Waals surface area contributed by atoms with Crippen LogP contribution in [0.3, 0.4) is 0 Å². The van der Waals surface area contributed by atoms with E-state index >= 15 is 0 Å². The molecule has 0 aromatic heterocycles. The highest BCUT2D eigenvalue weighted by Crippen LogP contribution is 2.07. The van der Waals surface area contributed by atoms with Crippen molar-refractivity contribution in [1.82, 2.24) is 41.3 Å². The van der Waals surface area contributed by atoms with Crippen molar-refractivity contribution in [2.24, 2.45) is 53.3 Å². The number of likely N-dealkylation sites (N-methyl/N-ethyl adjacent to an activating group) is 2. The quantitative estimate of drug-likeness (QED) is 0.0216. The Morgan fingerprint density at radius 3 is 1.03 bits per heavy atom. The van der Waals surface area contributed by atoms with Crippen LogP contribution in [0.25, 0.3) is 0 Å². The lowest BCUT2D eigenvalue weighted by Crippen LogP contribution is -2.30. The van der Waals surface area contributed by atoms with Gasteiger partial charge >= 0.3 is 0 Å². The molecular formula is C92H156N8O16. The fourth-order valence-corrected chi connectivity index (χ4v) is 6.52. The summed E-state index contributed by atoms with van der Waals surface area (Å²) < 4.78 is 0. The van der Waals surface area contributed by atoms with Crippen molar-refractivity contribution in [2.45, 2.75) is 231 Å². The molecule has 116 heavy (non-hydrogen) atoms. The molecule has 0 heterocycles. The van der Waals surface area contributed by atoms with Gasteiger partial charge in [-0.05, 0) is 150 Å². The predicted molar refractivity (Wildman–Crippen MR) is 476 cm³/mol. The fraction of sp³-hybridized carbons (Fsp3) is 0.609. The summed E-state index contributed by atoms with van der Waals surface area (Å²) in [6.45, 7) is 58.7. The highest BCUT2D eigenvalue weighted by Gasteiger charge is 2.13. The van der Waals surface area contributed by atoms with Gasteiger partial charge in [0.05, 0.1) is 26.2 Å². The molecule has 0 unspecified atom stereocenters. The Labute approximate surface area is 701 Å². The van der Waals surface area contributed by atoms with Crippen LogP contribution in [0.2, 0.25) is 0 Å². The van der Waals surface area contributed by atoms with E-state index in [2.05, 4.69) is 65.4 Å². The van der Waals surface area contributed by atoms with Gasteiger partial charge < -0.3 is 41.3 Å². The van der Waals surface area contributed by atoms with E-state index in [4.69, 9.17) is 6.42 Å². The second kappa shape index (κ2) is 83.6. The summed E-state index contributed by atoms with van der Waals surface area (Å²) in [5.41, 5.74) is 1.91. The van der Waals surface area contributed by atoms with Crippen molar-refractivity contribution < 1.29 is 76.7 Å². The Morgan fingerprint density at radius 1 is 0.405 bits per heavy atom. The first-order valence-corrected chi connectivity index (χ1v) is 39.7. The van der Waals surface area contributed by atoms with E-state index in [0.717, 1.165) is 24.2 Å². The SMILES string of the molecule is C#CC(=O)NC(C)C.C/C=C/C(=O)CCC(=O)C(C)C.C/C=C/C(=O)NCC(=O)C(C)C.C=CC(=O)C(C)C.C=CC(=O)CC(C)C.CC(C)=CC(=O)CCC(=O)C(C)C.CC(C)=CC(=O)NCC(=O)C(C)C.CC(C)C(=O)CCC(=O)/C=C/CN(C)C.CC(C)C(=O)CNC(=O)/C=C/CN(C)C.CC(C)CNCC#CC(=O)N(C)C. The van der Waals surface area contributed by atoms with E-state index in [-0.39, 0.29) is 160 Å². The fourth-order valence-electron chi connectivity index (χ4n) is 6.52. The third-order valence-corrected chi connectivity index (χ3v) is 13.6. The van der Waals surface area contributed by atoms with Crippen LogP contribution in [-0.2, 0) is 76.7 Å². The average Bonchev–Trinajstić information content (AvgIpc) is 0.997. The highest BCUT2D eigenvalue weighted by atomic mass is 16.2. The Hall–Kier alpha value is -9.36. The molecule has 24 heteroatoms. The van der Waals surface area contributed by atoms with Crippen molar-refractivity contribution in [3.05, 3.63) is 97.2 Å². The lowest BCUT2D eigenvalue weighted by atomic mass is 10.0. The van der Waals surface area contributed by atoms with Gasteiger partial charge in [-0.2, -0.15) is 0 Å². The first-order valence-electron chi connectivity index (χ1n) is 39.7. The number of carbonyl (C=O) groups excluding carboxylic acids is 16. The molecule has 0 spiro atoms. The minimum Gasteiger partial charge on any atom is -0.345 e. The molecule has 660 valence electrons. The predicted octanol–water partition coefficient (Wildman–Crippen LogP) is 12.6. The first kappa shape index (κ1) is 127. The van der Waals surface area contributed by atoms with Gasteiger partial charge in [0.2, 0.25) is 17.7 Å². The third-order valence-electron chi connectivity index (χ3n) is 13.6. The molecule has 0 bridgehead atoms. The van der Waals surface area contributed by atoms with Crippen LogP contribution in [-0.4, -0.2) is 202 Å². The summed E-state index contributed by atoms with van der Waals surface area (Å²) >= 11 is 0. The summed E-state index contributed by atoms with van der Waals surface area (Å²) in [7, 11) is 11.1. The maximum Gasteiger partial charge on any atom is 0.297 e. The van der Waals surface area contributed by atoms with Crippen LogP contribution in [0.1, 0.15) is 225 Å². The first-order chi connectivity index (χ1) is 53.4.